The monoisotopic (exact) mass is 289 g/mol. The highest BCUT2D eigenvalue weighted by Crippen LogP contribution is 2.29. The summed E-state index contributed by atoms with van der Waals surface area (Å²) in [5.41, 5.74) is 2.06. The average Bonchev–Trinajstić information content (AvgIpc) is 2.78. The molecule has 2 rings (SSSR count). The number of aromatic nitrogens is 1. The van der Waals surface area contributed by atoms with E-state index in [2.05, 4.69) is 0 Å². The van der Waals surface area contributed by atoms with Gasteiger partial charge in [0.05, 0.1) is 13.7 Å². The number of fused-ring (bicyclic) bond motifs is 1. The van der Waals surface area contributed by atoms with Crippen LogP contribution < -0.4 is 4.74 Å². The Hall–Kier alpha value is -2.30. The maximum absolute atomic E-state index is 12.3. The topological polar surface area (TPSA) is 57.5 Å². The van der Waals surface area contributed by atoms with Crippen molar-refractivity contribution in [3.8, 4) is 5.75 Å². The molecule has 5 heteroatoms. The first kappa shape index (κ1) is 15.1. The number of carbonyl (C=O) groups is 2. The molecule has 112 valence electrons. The number of ether oxygens (including phenoxy) is 2. The summed E-state index contributed by atoms with van der Waals surface area (Å²) >= 11 is 0. The molecule has 0 spiro atoms. The Labute approximate surface area is 123 Å². The summed E-state index contributed by atoms with van der Waals surface area (Å²) in [6.45, 7) is 6.23. The Morgan fingerprint density at radius 2 is 1.95 bits per heavy atom. The van der Waals surface area contributed by atoms with Gasteiger partial charge >= 0.3 is 5.97 Å². The maximum Gasteiger partial charge on any atom is 0.381 e. The lowest BCUT2D eigenvalue weighted by molar-refractivity contribution is -0.137. The highest BCUT2D eigenvalue weighted by molar-refractivity contribution is 6.41. The van der Waals surface area contributed by atoms with E-state index in [9.17, 15) is 9.59 Å². The molecular weight excluding hydrogens is 270 g/mol. The van der Waals surface area contributed by atoms with Gasteiger partial charge in [0.1, 0.15) is 11.4 Å². The first-order chi connectivity index (χ1) is 10.0. The molecule has 0 saturated carbocycles. The summed E-state index contributed by atoms with van der Waals surface area (Å²) < 4.78 is 11.9. The Morgan fingerprint density at radius 1 is 1.24 bits per heavy atom. The summed E-state index contributed by atoms with van der Waals surface area (Å²) in [4.78, 5) is 24.1. The summed E-state index contributed by atoms with van der Waals surface area (Å²) in [5.74, 6) is -0.703. The van der Waals surface area contributed by atoms with Crippen LogP contribution in [0, 0.1) is 6.92 Å². The highest BCUT2D eigenvalue weighted by Gasteiger charge is 2.26. The number of carbonyl (C=O) groups excluding carboxylic acids is 2. The van der Waals surface area contributed by atoms with E-state index in [0.29, 0.717) is 18.0 Å². The fraction of sp³-hybridized carbons (Fsp3) is 0.375. The first-order valence-electron chi connectivity index (χ1n) is 6.93. The molecule has 21 heavy (non-hydrogen) atoms. The van der Waals surface area contributed by atoms with Crippen molar-refractivity contribution in [1.82, 2.24) is 4.57 Å². The zero-order valence-electron chi connectivity index (χ0n) is 12.7. The summed E-state index contributed by atoms with van der Waals surface area (Å²) in [6, 6.07) is 5.61. The second kappa shape index (κ2) is 5.99. The van der Waals surface area contributed by atoms with E-state index in [-0.39, 0.29) is 6.61 Å². The van der Waals surface area contributed by atoms with Gasteiger partial charge in [-0.05, 0) is 44.5 Å². The molecule has 0 aliphatic carbocycles. The molecule has 0 bridgehead atoms. The number of benzene rings is 1. The van der Waals surface area contributed by atoms with E-state index in [4.69, 9.17) is 9.47 Å². The standard InChI is InChI=1S/C16H19NO4/c1-5-17-13-8-7-11(20-4)9-12(13)10(3)14(17)15(18)16(19)21-6-2/h7-9H,5-6H2,1-4H3. The van der Waals surface area contributed by atoms with Crippen LogP contribution in [0.15, 0.2) is 18.2 Å². The number of aryl methyl sites for hydroxylation is 2. The molecule has 0 aliphatic rings. The highest BCUT2D eigenvalue weighted by atomic mass is 16.5. The summed E-state index contributed by atoms with van der Waals surface area (Å²) in [7, 11) is 1.60. The second-order valence-corrected chi connectivity index (χ2v) is 4.65. The van der Waals surface area contributed by atoms with Crippen LogP contribution in [0.4, 0.5) is 0 Å². The van der Waals surface area contributed by atoms with E-state index in [1.807, 2.05) is 36.6 Å². The molecular formula is C16H19NO4. The Bertz CT molecular complexity index is 700. The number of Topliss-reactive ketones (excluding diaryl/α,β-unsaturated/α-hetero) is 1. The number of nitrogens with zero attached hydrogens (tertiary/aromatic N) is 1. The Morgan fingerprint density at radius 3 is 2.52 bits per heavy atom. The maximum atomic E-state index is 12.3. The molecule has 0 saturated heterocycles. The zero-order chi connectivity index (χ0) is 15.6. The van der Waals surface area contributed by atoms with Crippen LogP contribution in [0.3, 0.4) is 0 Å². The van der Waals surface area contributed by atoms with Gasteiger partial charge in [-0.3, -0.25) is 4.79 Å². The molecule has 0 amide bonds. The normalized spacial score (nSPS) is 10.7. The summed E-state index contributed by atoms with van der Waals surface area (Å²) in [6.07, 6.45) is 0. The van der Waals surface area contributed by atoms with Crippen LogP contribution in [-0.2, 0) is 16.1 Å². The van der Waals surface area contributed by atoms with Gasteiger partial charge in [-0.1, -0.05) is 0 Å². The van der Waals surface area contributed by atoms with E-state index in [1.165, 1.54) is 0 Å². The van der Waals surface area contributed by atoms with E-state index in [1.54, 1.807) is 14.0 Å². The SMILES string of the molecule is CCOC(=O)C(=O)c1c(C)c2cc(OC)ccc2n1CC. The molecule has 0 aliphatic heterocycles. The van der Waals surface area contributed by atoms with E-state index in [0.717, 1.165) is 16.5 Å². The minimum absolute atomic E-state index is 0.184. The number of hydrogen-bond acceptors (Lipinski definition) is 4. The van der Waals surface area contributed by atoms with Crippen LogP contribution in [-0.4, -0.2) is 30.0 Å². The van der Waals surface area contributed by atoms with Crippen molar-refractivity contribution in [2.75, 3.05) is 13.7 Å². The van der Waals surface area contributed by atoms with Crippen molar-refractivity contribution in [3.63, 3.8) is 0 Å². The van der Waals surface area contributed by atoms with Gasteiger partial charge in [-0.25, -0.2) is 4.79 Å². The molecule has 0 unspecified atom stereocenters. The van der Waals surface area contributed by atoms with Crippen molar-refractivity contribution in [1.29, 1.82) is 0 Å². The molecule has 2 aromatic rings. The molecule has 0 atom stereocenters. The number of esters is 1. The molecule has 1 aromatic carbocycles. The molecule has 0 N–H and O–H groups in total. The van der Waals surface area contributed by atoms with Crippen molar-refractivity contribution in [2.24, 2.45) is 0 Å². The fourth-order valence-corrected chi connectivity index (χ4v) is 2.54. The minimum Gasteiger partial charge on any atom is -0.497 e. The second-order valence-electron chi connectivity index (χ2n) is 4.65. The third-order valence-corrected chi connectivity index (χ3v) is 3.52. The lowest BCUT2D eigenvalue weighted by Crippen LogP contribution is -2.21. The van der Waals surface area contributed by atoms with Gasteiger partial charge in [-0.15, -0.1) is 0 Å². The third kappa shape index (κ3) is 2.51. The van der Waals surface area contributed by atoms with Gasteiger partial charge in [0.2, 0.25) is 0 Å². The number of methoxy groups -OCH3 is 1. The average molecular weight is 289 g/mol. The smallest absolute Gasteiger partial charge is 0.381 e. The van der Waals surface area contributed by atoms with Crippen LogP contribution in [0.1, 0.15) is 29.9 Å². The van der Waals surface area contributed by atoms with Crippen LogP contribution in [0.5, 0.6) is 5.75 Å². The van der Waals surface area contributed by atoms with Gasteiger partial charge in [0.25, 0.3) is 5.78 Å². The van der Waals surface area contributed by atoms with Crippen molar-refractivity contribution >= 4 is 22.7 Å². The summed E-state index contributed by atoms with van der Waals surface area (Å²) in [5, 5.41) is 0.906. The van der Waals surface area contributed by atoms with Crippen LogP contribution in [0.2, 0.25) is 0 Å². The largest absolute Gasteiger partial charge is 0.497 e. The number of ketones is 1. The first-order valence-corrected chi connectivity index (χ1v) is 6.93. The third-order valence-electron chi connectivity index (χ3n) is 3.52. The van der Waals surface area contributed by atoms with Gasteiger partial charge < -0.3 is 14.0 Å². The minimum atomic E-state index is -0.815. The van der Waals surface area contributed by atoms with E-state index >= 15 is 0 Å². The Balaban J connectivity index is 2.65. The molecule has 1 heterocycles. The molecule has 5 nitrogen and oxygen atoms in total. The van der Waals surface area contributed by atoms with Crippen LogP contribution in [0.25, 0.3) is 10.9 Å². The predicted molar refractivity (Wildman–Crippen MR) is 79.9 cm³/mol. The van der Waals surface area contributed by atoms with E-state index < -0.39 is 11.8 Å². The van der Waals surface area contributed by atoms with Gasteiger partial charge in [0.15, 0.2) is 0 Å². The Kier molecular flexibility index (Phi) is 4.31. The quantitative estimate of drug-likeness (QED) is 0.482. The van der Waals surface area contributed by atoms with Crippen molar-refractivity contribution in [2.45, 2.75) is 27.3 Å². The molecule has 0 fully saturated rings. The van der Waals surface area contributed by atoms with Crippen molar-refractivity contribution in [3.05, 3.63) is 29.5 Å². The lowest BCUT2D eigenvalue weighted by atomic mass is 10.1. The molecule has 1 aromatic heterocycles. The van der Waals surface area contributed by atoms with Crippen molar-refractivity contribution < 1.29 is 19.1 Å². The predicted octanol–water partition coefficient (Wildman–Crippen LogP) is 2.72. The van der Waals surface area contributed by atoms with Gasteiger partial charge in [0, 0.05) is 17.4 Å². The lowest BCUT2D eigenvalue weighted by Gasteiger charge is -2.07. The van der Waals surface area contributed by atoms with Gasteiger partial charge in [-0.2, -0.15) is 0 Å². The number of hydrogen-bond donors (Lipinski definition) is 0. The zero-order valence-corrected chi connectivity index (χ0v) is 12.7. The molecule has 0 radical (unpaired) electrons. The fourth-order valence-electron chi connectivity index (χ4n) is 2.54. The number of rotatable bonds is 5. The van der Waals surface area contributed by atoms with Crippen LogP contribution >= 0.6 is 0 Å².